The molecule has 4 heterocycles. The maximum atomic E-state index is 12.7. The fraction of sp³-hybridized carbons (Fsp3) is 0.269. The summed E-state index contributed by atoms with van der Waals surface area (Å²) in [6.45, 7) is 1.89. The number of fused-ring (bicyclic) bond motifs is 1. The fourth-order valence-corrected chi connectivity index (χ4v) is 5.19. The van der Waals surface area contributed by atoms with E-state index in [0.29, 0.717) is 12.5 Å². The molecule has 0 saturated carbocycles. The molecule has 0 radical (unpaired) electrons. The van der Waals surface area contributed by atoms with E-state index in [1.807, 2.05) is 51.3 Å². The lowest BCUT2D eigenvalue weighted by atomic mass is 9.89. The van der Waals surface area contributed by atoms with Gasteiger partial charge in [-0.05, 0) is 54.2 Å². The number of pyridine rings is 1. The molecule has 0 bridgehead atoms. The smallest absolute Gasteiger partial charge is 0.319 e. The molecule has 9 heteroatoms. The zero-order chi connectivity index (χ0) is 24.2. The van der Waals surface area contributed by atoms with Gasteiger partial charge in [0.05, 0.1) is 12.0 Å². The predicted octanol–water partition coefficient (Wildman–Crippen LogP) is 4.75. The van der Waals surface area contributed by atoms with Crippen LogP contribution in [0, 0.1) is 0 Å². The van der Waals surface area contributed by atoms with Gasteiger partial charge in [-0.1, -0.05) is 12.1 Å². The molecule has 1 aliphatic rings. The van der Waals surface area contributed by atoms with Crippen LogP contribution in [0.2, 0.25) is 0 Å². The third-order valence-corrected chi connectivity index (χ3v) is 7.26. The Labute approximate surface area is 207 Å². The number of likely N-dealkylation sites (tertiary alicyclic amines) is 1. The van der Waals surface area contributed by atoms with Crippen molar-refractivity contribution < 1.29 is 14.3 Å². The zero-order valence-corrected chi connectivity index (χ0v) is 20.3. The lowest BCUT2D eigenvalue weighted by Gasteiger charge is -2.32. The summed E-state index contributed by atoms with van der Waals surface area (Å²) < 4.78 is 7.12. The van der Waals surface area contributed by atoms with Crippen LogP contribution in [0.15, 0.2) is 66.4 Å². The number of anilines is 1. The normalized spacial score (nSPS) is 14.1. The van der Waals surface area contributed by atoms with Gasteiger partial charge in [0, 0.05) is 55.4 Å². The number of hydrogen-bond acceptors (Lipinski definition) is 5. The number of thiophene rings is 1. The number of urea groups is 1. The van der Waals surface area contributed by atoms with E-state index < -0.39 is 0 Å². The van der Waals surface area contributed by atoms with Crippen molar-refractivity contribution >= 4 is 34.6 Å². The molecule has 180 valence electrons. The molecule has 1 fully saturated rings. The highest BCUT2D eigenvalue weighted by Gasteiger charge is 2.25. The Morgan fingerprint density at radius 3 is 2.66 bits per heavy atom. The van der Waals surface area contributed by atoms with Gasteiger partial charge in [-0.25, -0.2) is 9.78 Å². The van der Waals surface area contributed by atoms with Crippen LogP contribution < -0.4 is 15.4 Å². The molecule has 3 aromatic heterocycles. The number of nitrogens with one attached hydrogen (secondary N) is 2. The quantitative estimate of drug-likeness (QED) is 0.409. The minimum Gasteiger partial charge on any atom is -0.496 e. The second kappa shape index (κ2) is 10.2. The van der Waals surface area contributed by atoms with Crippen LogP contribution in [0.5, 0.6) is 5.75 Å². The molecule has 1 saturated heterocycles. The number of carbonyl (C=O) groups excluding carboxylic acids is 2. The van der Waals surface area contributed by atoms with Crippen molar-refractivity contribution in [1.29, 1.82) is 0 Å². The molecule has 4 aromatic rings. The Bertz CT molecular complexity index is 1320. The Balaban J connectivity index is 1.10. The van der Waals surface area contributed by atoms with E-state index in [1.165, 1.54) is 16.9 Å². The fourth-order valence-electron chi connectivity index (χ4n) is 4.37. The van der Waals surface area contributed by atoms with Crippen molar-refractivity contribution in [2.24, 2.45) is 0 Å². The van der Waals surface area contributed by atoms with Gasteiger partial charge in [-0.3, -0.25) is 4.79 Å². The molecule has 5 rings (SSSR count). The molecule has 1 aromatic carbocycles. The summed E-state index contributed by atoms with van der Waals surface area (Å²) in [6, 6.07) is 13.5. The summed E-state index contributed by atoms with van der Waals surface area (Å²) in [4.78, 5) is 32.0. The van der Waals surface area contributed by atoms with Gasteiger partial charge in [-0.2, -0.15) is 0 Å². The van der Waals surface area contributed by atoms with Gasteiger partial charge in [0.25, 0.3) is 5.91 Å². The van der Waals surface area contributed by atoms with Crippen molar-refractivity contribution in [1.82, 2.24) is 19.6 Å². The molecule has 0 spiro atoms. The summed E-state index contributed by atoms with van der Waals surface area (Å²) in [5.74, 6) is 1.20. The van der Waals surface area contributed by atoms with Gasteiger partial charge in [-0.15, -0.1) is 11.3 Å². The number of ether oxygens (including phenoxy) is 1. The highest BCUT2D eigenvalue weighted by Crippen LogP contribution is 2.30. The van der Waals surface area contributed by atoms with Gasteiger partial charge in [0.15, 0.2) is 0 Å². The van der Waals surface area contributed by atoms with Gasteiger partial charge in [0.2, 0.25) is 0 Å². The minimum absolute atomic E-state index is 0.0759. The number of imidazole rings is 1. The highest BCUT2D eigenvalue weighted by atomic mass is 32.1. The number of amides is 3. The summed E-state index contributed by atoms with van der Waals surface area (Å²) in [7, 11) is 1.61. The summed E-state index contributed by atoms with van der Waals surface area (Å²) in [6.07, 6.45) is 7.39. The van der Waals surface area contributed by atoms with Crippen molar-refractivity contribution in [2.75, 3.05) is 25.5 Å². The van der Waals surface area contributed by atoms with Crippen LogP contribution in [0.1, 0.15) is 39.6 Å². The number of methoxy groups -OCH3 is 1. The van der Waals surface area contributed by atoms with E-state index in [4.69, 9.17) is 4.74 Å². The second-order valence-electron chi connectivity index (χ2n) is 8.57. The van der Waals surface area contributed by atoms with Crippen molar-refractivity contribution in [2.45, 2.75) is 25.3 Å². The number of aromatic nitrogens is 2. The van der Waals surface area contributed by atoms with E-state index >= 15 is 0 Å². The average Bonchev–Trinajstić information content (AvgIpc) is 3.57. The second-order valence-corrected chi connectivity index (χ2v) is 9.49. The van der Waals surface area contributed by atoms with Crippen molar-refractivity contribution in [3.05, 3.63) is 82.4 Å². The molecule has 3 amide bonds. The SMILES string of the molecule is COc1csc(C(=O)N2CCC(c3ccc(NC(=O)NCc4ccn5ccnc5c4)cc3)CC2)c1. The molecule has 0 unspecified atom stereocenters. The lowest BCUT2D eigenvalue weighted by molar-refractivity contribution is 0.0717. The summed E-state index contributed by atoms with van der Waals surface area (Å²) in [5, 5.41) is 7.63. The van der Waals surface area contributed by atoms with Gasteiger partial charge in [0.1, 0.15) is 11.4 Å². The molecule has 2 N–H and O–H groups in total. The molecular formula is C26H27N5O3S. The molecular weight excluding hydrogens is 462 g/mol. The van der Waals surface area contributed by atoms with E-state index in [-0.39, 0.29) is 11.9 Å². The van der Waals surface area contributed by atoms with E-state index in [2.05, 4.69) is 27.8 Å². The third-order valence-electron chi connectivity index (χ3n) is 6.36. The monoisotopic (exact) mass is 489 g/mol. The van der Waals surface area contributed by atoms with Crippen LogP contribution in [0.25, 0.3) is 5.65 Å². The largest absolute Gasteiger partial charge is 0.496 e. The summed E-state index contributed by atoms with van der Waals surface area (Å²) in [5.41, 5.74) is 3.81. The van der Waals surface area contributed by atoms with E-state index in [9.17, 15) is 9.59 Å². The van der Waals surface area contributed by atoms with Crippen LogP contribution in [-0.4, -0.2) is 46.4 Å². The predicted molar refractivity (Wildman–Crippen MR) is 136 cm³/mol. The van der Waals surface area contributed by atoms with Crippen LogP contribution in [-0.2, 0) is 6.54 Å². The maximum Gasteiger partial charge on any atom is 0.319 e. The third kappa shape index (κ3) is 5.30. The first-order chi connectivity index (χ1) is 17.1. The highest BCUT2D eigenvalue weighted by molar-refractivity contribution is 7.12. The molecule has 0 aliphatic carbocycles. The van der Waals surface area contributed by atoms with Crippen molar-refractivity contribution in [3.8, 4) is 5.75 Å². The van der Waals surface area contributed by atoms with Gasteiger partial charge >= 0.3 is 6.03 Å². The summed E-state index contributed by atoms with van der Waals surface area (Å²) >= 11 is 1.42. The van der Waals surface area contributed by atoms with Crippen molar-refractivity contribution in [3.63, 3.8) is 0 Å². The lowest BCUT2D eigenvalue weighted by Crippen LogP contribution is -2.37. The first kappa shape index (κ1) is 22.9. The number of rotatable bonds is 6. The van der Waals surface area contributed by atoms with Crippen LogP contribution in [0.4, 0.5) is 10.5 Å². The van der Waals surface area contributed by atoms with Gasteiger partial charge < -0.3 is 24.7 Å². The minimum atomic E-state index is -0.252. The Hall–Kier alpha value is -3.85. The van der Waals surface area contributed by atoms with Crippen LogP contribution in [0.3, 0.4) is 0 Å². The topological polar surface area (TPSA) is 88.0 Å². The van der Waals surface area contributed by atoms with E-state index in [1.54, 1.807) is 19.4 Å². The number of nitrogens with zero attached hydrogens (tertiary/aromatic N) is 3. The molecule has 35 heavy (non-hydrogen) atoms. The first-order valence-electron chi connectivity index (χ1n) is 11.6. The Kier molecular flexibility index (Phi) is 6.67. The maximum absolute atomic E-state index is 12.7. The Morgan fingerprint density at radius 1 is 1.11 bits per heavy atom. The standard InChI is InChI=1S/C26H27N5O3S/c1-34-22-15-23(35-17-22)25(32)31-11-7-20(8-12-31)19-2-4-21(5-3-19)29-26(33)28-16-18-6-10-30-13-9-27-24(30)14-18/h2-6,9-10,13-15,17,20H,7-8,11-12,16H2,1H3,(H2,28,29,33). The number of piperidine rings is 1. The molecule has 8 nitrogen and oxygen atoms in total. The van der Waals surface area contributed by atoms with E-state index in [0.717, 1.165) is 53.5 Å². The molecule has 1 aliphatic heterocycles. The number of hydrogen-bond donors (Lipinski definition) is 2. The Morgan fingerprint density at radius 2 is 1.91 bits per heavy atom. The average molecular weight is 490 g/mol. The number of carbonyl (C=O) groups is 2. The van der Waals surface area contributed by atoms with Crippen LogP contribution >= 0.6 is 11.3 Å². The first-order valence-corrected chi connectivity index (χ1v) is 12.5. The molecule has 0 atom stereocenters. The number of benzene rings is 1. The zero-order valence-electron chi connectivity index (χ0n) is 19.4.